The monoisotopic (exact) mass is 262 g/mol. The van der Waals surface area contributed by atoms with Crippen LogP contribution in [-0.4, -0.2) is 44.1 Å². The van der Waals surface area contributed by atoms with Crippen LogP contribution in [0.3, 0.4) is 0 Å². The van der Waals surface area contributed by atoms with Crippen molar-refractivity contribution >= 4 is 15.9 Å². The number of nitrogens with zero attached hydrogens (tertiary/aromatic N) is 1. The molecule has 1 N–H and O–H groups in total. The average Bonchev–Trinajstić information content (AvgIpc) is 2.69. The molecule has 0 atom stereocenters. The van der Waals surface area contributed by atoms with E-state index in [0.29, 0.717) is 0 Å². The molecule has 1 amide bonds. The maximum absolute atomic E-state index is 12.1. The van der Waals surface area contributed by atoms with E-state index in [4.69, 9.17) is 0 Å². The Balaban J connectivity index is 2.74. The van der Waals surface area contributed by atoms with E-state index < -0.39 is 15.8 Å². The van der Waals surface area contributed by atoms with Gasteiger partial charge in [-0.15, -0.1) is 0 Å². The number of carbonyl (C=O) groups is 1. The third kappa shape index (κ3) is 3.96. The first kappa shape index (κ1) is 14.4. The number of hydrogen-bond donors (Lipinski definition) is 1. The number of rotatable bonds is 5. The maximum atomic E-state index is 12.1. The van der Waals surface area contributed by atoms with E-state index in [1.165, 1.54) is 7.05 Å². The lowest BCUT2D eigenvalue weighted by Gasteiger charge is -2.32. The summed E-state index contributed by atoms with van der Waals surface area (Å²) in [5.74, 6) is -0.737. The Kier molecular flexibility index (Phi) is 4.94. The molecule has 0 spiro atoms. The van der Waals surface area contributed by atoms with Gasteiger partial charge < -0.3 is 4.90 Å². The fourth-order valence-electron chi connectivity index (χ4n) is 2.40. The molecule has 0 unspecified atom stereocenters. The van der Waals surface area contributed by atoms with Crippen molar-refractivity contribution in [1.29, 1.82) is 0 Å². The van der Waals surface area contributed by atoms with Crippen molar-refractivity contribution in [2.45, 2.75) is 51.6 Å². The van der Waals surface area contributed by atoms with Gasteiger partial charge in [0.05, 0.1) is 0 Å². The van der Waals surface area contributed by atoms with E-state index in [1.807, 2.05) is 13.8 Å². The van der Waals surface area contributed by atoms with Crippen LogP contribution in [0.5, 0.6) is 0 Å². The van der Waals surface area contributed by atoms with E-state index in [2.05, 4.69) is 4.72 Å². The standard InChI is InChI=1S/C11H22N2O3S/c1-9(2)13(10-6-4-5-7-10)11(14)8-17(15,16)12-3/h9-10,12H,4-8H2,1-3H3. The van der Waals surface area contributed by atoms with Crippen LogP contribution in [0.2, 0.25) is 0 Å². The first-order chi connectivity index (χ1) is 7.87. The summed E-state index contributed by atoms with van der Waals surface area (Å²) in [6.45, 7) is 3.87. The number of nitrogens with one attached hydrogen (secondary N) is 1. The second-order valence-electron chi connectivity index (χ2n) is 4.80. The molecule has 17 heavy (non-hydrogen) atoms. The van der Waals surface area contributed by atoms with Gasteiger partial charge in [-0.3, -0.25) is 4.79 Å². The minimum Gasteiger partial charge on any atom is -0.336 e. The van der Waals surface area contributed by atoms with Crippen LogP contribution in [0.25, 0.3) is 0 Å². The van der Waals surface area contributed by atoms with Gasteiger partial charge >= 0.3 is 0 Å². The van der Waals surface area contributed by atoms with Crippen molar-refractivity contribution in [1.82, 2.24) is 9.62 Å². The fraction of sp³-hybridized carbons (Fsp3) is 0.909. The molecule has 1 aliphatic rings. The Hall–Kier alpha value is -0.620. The second kappa shape index (κ2) is 5.82. The molecule has 0 heterocycles. The summed E-state index contributed by atoms with van der Waals surface area (Å²) in [4.78, 5) is 13.8. The molecule has 0 aromatic carbocycles. The number of hydrogen-bond acceptors (Lipinski definition) is 3. The molecule has 6 heteroatoms. The minimum atomic E-state index is -3.47. The third-order valence-corrected chi connectivity index (χ3v) is 4.44. The summed E-state index contributed by atoms with van der Waals surface area (Å²) in [7, 11) is -2.14. The zero-order valence-corrected chi connectivity index (χ0v) is 11.6. The second-order valence-corrected chi connectivity index (χ2v) is 6.72. The van der Waals surface area contributed by atoms with Gasteiger partial charge in [0.25, 0.3) is 0 Å². The predicted molar refractivity (Wildman–Crippen MR) is 67.1 cm³/mol. The molecular formula is C11H22N2O3S. The van der Waals surface area contributed by atoms with Gasteiger partial charge in [-0.2, -0.15) is 0 Å². The van der Waals surface area contributed by atoms with Crippen LogP contribution in [0.15, 0.2) is 0 Å². The van der Waals surface area contributed by atoms with Crippen LogP contribution in [-0.2, 0) is 14.8 Å². The topological polar surface area (TPSA) is 66.5 Å². The van der Waals surface area contributed by atoms with Gasteiger partial charge in [-0.1, -0.05) is 12.8 Å². The molecule has 1 saturated carbocycles. The molecule has 0 aromatic heterocycles. The van der Waals surface area contributed by atoms with Crippen LogP contribution >= 0.6 is 0 Å². The normalized spacial score (nSPS) is 17.6. The number of sulfonamides is 1. The Labute approximate surface area is 104 Å². The molecule has 1 rings (SSSR count). The van der Waals surface area contributed by atoms with Gasteiger partial charge in [0.15, 0.2) is 0 Å². The smallest absolute Gasteiger partial charge is 0.239 e. The van der Waals surface area contributed by atoms with Crippen molar-refractivity contribution in [3.05, 3.63) is 0 Å². The van der Waals surface area contributed by atoms with Gasteiger partial charge in [0.1, 0.15) is 5.75 Å². The van der Waals surface area contributed by atoms with Gasteiger partial charge in [0.2, 0.25) is 15.9 Å². The van der Waals surface area contributed by atoms with Gasteiger partial charge in [-0.05, 0) is 33.7 Å². The Bertz CT molecular complexity index is 359. The quantitative estimate of drug-likeness (QED) is 0.793. The van der Waals surface area contributed by atoms with Crippen LogP contribution in [0.4, 0.5) is 0 Å². The Morgan fingerprint density at radius 1 is 1.35 bits per heavy atom. The summed E-state index contributed by atoms with van der Waals surface area (Å²) in [5.41, 5.74) is 0. The Morgan fingerprint density at radius 2 is 1.88 bits per heavy atom. The minimum absolute atomic E-state index is 0.0534. The first-order valence-corrected chi connectivity index (χ1v) is 7.75. The zero-order chi connectivity index (χ0) is 13.1. The SMILES string of the molecule is CNS(=O)(=O)CC(=O)N(C(C)C)C1CCCC1. The van der Waals surface area contributed by atoms with Crippen molar-refractivity contribution in [3.63, 3.8) is 0 Å². The molecule has 1 fully saturated rings. The summed E-state index contributed by atoms with van der Waals surface area (Å²) in [5, 5.41) is 0. The van der Waals surface area contributed by atoms with Crippen molar-refractivity contribution < 1.29 is 13.2 Å². The highest BCUT2D eigenvalue weighted by molar-refractivity contribution is 7.90. The highest BCUT2D eigenvalue weighted by Gasteiger charge is 2.30. The molecule has 0 radical (unpaired) electrons. The highest BCUT2D eigenvalue weighted by atomic mass is 32.2. The zero-order valence-electron chi connectivity index (χ0n) is 10.8. The van der Waals surface area contributed by atoms with Gasteiger partial charge in [0, 0.05) is 12.1 Å². The number of carbonyl (C=O) groups excluding carboxylic acids is 1. The summed E-state index contributed by atoms with van der Waals surface area (Å²) in [6, 6.07) is 0.271. The Morgan fingerprint density at radius 3 is 2.29 bits per heavy atom. The van der Waals surface area contributed by atoms with Crippen LogP contribution in [0.1, 0.15) is 39.5 Å². The molecule has 0 bridgehead atoms. The van der Waals surface area contributed by atoms with Gasteiger partial charge in [-0.25, -0.2) is 13.1 Å². The molecular weight excluding hydrogens is 240 g/mol. The lowest BCUT2D eigenvalue weighted by atomic mass is 10.1. The van der Waals surface area contributed by atoms with E-state index in [9.17, 15) is 13.2 Å². The number of amides is 1. The largest absolute Gasteiger partial charge is 0.336 e. The molecule has 0 aliphatic heterocycles. The van der Waals surface area contributed by atoms with E-state index >= 15 is 0 Å². The summed E-state index contributed by atoms with van der Waals surface area (Å²) in [6.07, 6.45) is 4.23. The predicted octanol–water partition coefficient (Wildman–Crippen LogP) is 0.715. The summed E-state index contributed by atoms with van der Waals surface area (Å²) >= 11 is 0. The summed E-state index contributed by atoms with van der Waals surface area (Å²) < 4.78 is 25.0. The molecule has 5 nitrogen and oxygen atoms in total. The van der Waals surface area contributed by atoms with E-state index in [1.54, 1.807) is 4.90 Å². The lowest BCUT2D eigenvalue weighted by Crippen LogP contribution is -2.47. The van der Waals surface area contributed by atoms with Crippen molar-refractivity contribution in [3.8, 4) is 0 Å². The fourth-order valence-corrected chi connectivity index (χ4v) is 3.02. The van der Waals surface area contributed by atoms with Crippen LogP contribution in [0, 0.1) is 0 Å². The molecule has 100 valence electrons. The molecule has 0 saturated heterocycles. The first-order valence-electron chi connectivity index (χ1n) is 6.10. The lowest BCUT2D eigenvalue weighted by molar-refractivity contribution is -0.132. The third-order valence-electron chi connectivity index (χ3n) is 3.19. The maximum Gasteiger partial charge on any atom is 0.239 e. The molecule has 0 aromatic rings. The van der Waals surface area contributed by atoms with Crippen molar-refractivity contribution in [2.75, 3.05) is 12.8 Å². The molecule has 1 aliphatic carbocycles. The van der Waals surface area contributed by atoms with Crippen LogP contribution < -0.4 is 4.72 Å². The van der Waals surface area contributed by atoms with E-state index in [-0.39, 0.29) is 18.0 Å². The average molecular weight is 262 g/mol. The highest BCUT2D eigenvalue weighted by Crippen LogP contribution is 2.25. The van der Waals surface area contributed by atoms with Crippen molar-refractivity contribution in [2.24, 2.45) is 0 Å². The van der Waals surface area contributed by atoms with E-state index in [0.717, 1.165) is 25.7 Å².